The zero-order valence-corrected chi connectivity index (χ0v) is 14.1. The third-order valence-corrected chi connectivity index (χ3v) is 3.84. The maximum Gasteiger partial charge on any atom is 0.269 e. The fraction of sp³-hybridized carbons (Fsp3) is 0.611. The second-order valence-corrected chi connectivity index (χ2v) is 5.90. The number of hydrogen-bond donors (Lipinski definition) is 0. The van der Waals surface area contributed by atoms with Gasteiger partial charge in [0.2, 0.25) is 0 Å². The highest BCUT2D eigenvalue weighted by Gasteiger charge is 2.04. The Morgan fingerprint density at radius 3 is 1.88 bits per heavy atom. The quantitative estimate of drug-likeness (QED) is 0.294. The third-order valence-electron chi connectivity index (χ3n) is 3.84. The molecular weight excluding hydrogens is 310 g/mol. The first-order chi connectivity index (χ1) is 11.6. The molecule has 0 aliphatic heterocycles. The summed E-state index contributed by atoms with van der Waals surface area (Å²) in [6.45, 7) is 0.626. The molecule has 0 bridgehead atoms. The van der Waals surface area contributed by atoms with Gasteiger partial charge in [0.05, 0.1) is 11.5 Å². The Morgan fingerprint density at radius 1 is 0.875 bits per heavy atom. The van der Waals surface area contributed by atoms with Crippen molar-refractivity contribution in [2.24, 2.45) is 0 Å². The maximum absolute atomic E-state index is 10.5. The molecule has 0 heterocycles. The number of nitrogens with zero attached hydrogens (tertiary/aromatic N) is 1. The van der Waals surface area contributed by atoms with E-state index < -0.39 is 10.9 Å². The first-order valence-electron chi connectivity index (χ1n) is 8.66. The number of aliphatic carboxylic acids is 1. The monoisotopic (exact) mass is 336 g/mol. The van der Waals surface area contributed by atoms with Crippen LogP contribution in [0.4, 0.5) is 5.69 Å². The van der Waals surface area contributed by atoms with Crippen molar-refractivity contribution in [1.29, 1.82) is 0 Å². The number of non-ortho nitro benzene ring substituents is 1. The average molecular weight is 336 g/mol. The zero-order chi connectivity index (χ0) is 17.6. The van der Waals surface area contributed by atoms with Crippen LogP contribution in [-0.2, 0) is 4.79 Å². The predicted octanol–water partition coefficient (Wildman–Crippen LogP) is 3.62. The van der Waals surface area contributed by atoms with Crippen molar-refractivity contribution in [3.63, 3.8) is 0 Å². The van der Waals surface area contributed by atoms with Crippen molar-refractivity contribution >= 4 is 11.7 Å². The van der Waals surface area contributed by atoms with Crippen molar-refractivity contribution in [3.05, 3.63) is 34.4 Å². The Hall–Kier alpha value is -2.11. The van der Waals surface area contributed by atoms with Crippen LogP contribution < -0.4 is 9.84 Å². The number of carboxylic acid groups (broad SMARTS) is 1. The van der Waals surface area contributed by atoms with Gasteiger partial charge in [-0.1, -0.05) is 44.9 Å². The van der Waals surface area contributed by atoms with Crippen LogP contribution >= 0.6 is 0 Å². The van der Waals surface area contributed by atoms with Crippen LogP contribution in [0.15, 0.2) is 24.3 Å². The van der Waals surface area contributed by atoms with Gasteiger partial charge in [0.1, 0.15) is 5.75 Å². The van der Waals surface area contributed by atoms with E-state index in [0.29, 0.717) is 12.4 Å². The largest absolute Gasteiger partial charge is 0.550 e. The molecule has 0 aliphatic carbocycles. The summed E-state index contributed by atoms with van der Waals surface area (Å²) in [6.07, 6.45) is 9.76. The number of nitro benzene ring substituents is 1. The van der Waals surface area contributed by atoms with Crippen LogP contribution in [0, 0.1) is 10.1 Å². The zero-order valence-electron chi connectivity index (χ0n) is 14.1. The minimum Gasteiger partial charge on any atom is -0.550 e. The summed E-state index contributed by atoms with van der Waals surface area (Å²) >= 11 is 0. The van der Waals surface area contributed by atoms with Crippen LogP contribution in [0.3, 0.4) is 0 Å². The summed E-state index contributed by atoms with van der Waals surface area (Å²) in [5.41, 5.74) is 0.0713. The number of ether oxygens (including phenoxy) is 1. The molecule has 0 aliphatic rings. The maximum atomic E-state index is 10.5. The summed E-state index contributed by atoms with van der Waals surface area (Å²) in [4.78, 5) is 20.4. The van der Waals surface area contributed by atoms with Gasteiger partial charge in [-0.2, -0.15) is 0 Å². The second-order valence-electron chi connectivity index (χ2n) is 5.90. The van der Waals surface area contributed by atoms with Gasteiger partial charge >= 0.3 is 0 Å². The van der Waals surface area contributed by atoms with Crippen molar-refractivity contribution in [2.45, 2.75) is 64.2 Å². The van der Waals surface area contributed by atoms with Crippen molar-refractivity contribution < 1.29 is 19.6 Å². The molecule has 6 nitrogen and oxygen atoms in total. The summed E-state index contributed by atoms with van der Waals surface area (Å²) in [5.74, 6) is -0.289. The minimum absolute atomic E-state index is 0.0713. The Morgan fingerprint density at radius 2 is 1.38 bits per heavy atom. The molecule has 0 atom stereocenters. The van der Waals surface area contributed by atoms with Crippen LogP contribution in [0.2, 0.25) is 0 Å². The fourth-order valence-electron chi connectivity index (χ4n) is 2.46. The summed E-state index contributed by atoms with van der Waals surface area (Å²) in [5, 5.41) is 20.8. The van der Waals surface area contributed by atoms with E-state index in [0.717, 1.165) is 38.5 Å². The molecular formula is C18H26NO5-. The van der Waals surface area contributed by atoms with Crippen molar-refractivity contribution in [3.8, 4) is 5.75 Å². The molecule has 24 heavy (non-hydrogen) atoms. The van der Waals surface area contributed by atoms with Gasteiger partial charge in [-0.05, 0) is 31.4 Å². The lowest BCUT2D eigenvalue weighted by Gasteiger charge is -2.06. The molecule has 0 unspecified atom stereocenters. The van der Waals surface area contributed by atoms with Crippen LogP contribution in [0.1, 0.15) is 64.2 Å². The van der Waals surface area contributed by atoms with E-state index >= 15 is 0 Å². The van der Waals surface area contributed by atoms with E-state index in [9.17, 15) is 20.0 Å². The molecule has 0 amide bonds. The number of nitro groups is 1. The first kappa shape index (κ1) is 19.9. The van der Waals surface area contributed by atoms with Gasteiger partial charge < -0.3 is 14.6 Å². The summed E-state index contributed by atoms with van der Waals surface area (Å²) < 4.78 is 5.56. The van der Waals surface area contributed by atoms with E-state index in [4.69, 9.17) is 4.74 Å². The predicted molar refractivity (Wildman–Crippen MR) is 89.8 cm³/mol. The smallest absolute Gasteiger partial charge is 0.269 e. The van der Waals surface area contributed by atoms with Crippen LogP contribution in [0.25, 0.3) is 0 Å². The topological polar surface area (TPSA) is 92.5 Å². The summed E-state index contributed by atoms with van der Waals surface area (Å²) in [7, 11) is 0. The molecule has 0 aromatic heterocycles. The highest BCUT2D eigenvalue weighted by atomic mass is 16.6. The average Bonchev–Trinajstić information content (AvgIpc) is 2.56. The number of rotatable bonds is 14. The van der Waals surface area contributed by atoms with E-state index in [2.05, 4.69) is 0 Å². The SMILES string of the molecule is O=C([O-])CCCCCCCCCCCOc1ccc([N+](=O)[O-])cc1. The molecule has 134 valence electrons. The Labute approximate surface area is 143 Å². The summed E-state index contributed by atoms with van der Waals surface area (Å²) in [6, 6.07) is 6.14. The van der Waals surface area contributed by atoms with E-state index in [1.54, 1.807) is 12.1 Å². The number of carbonyl (C=O) groups excluding carboxylic acids is 1. The molecule has 0 radical (unpaired) electrons. The van der Waals surface area contributed by atoms with Gasteiger partial charge in [-0.3, -0.25) is 10.1 Å². The lowest BCUT2D eigenvalue weighted by molar-refractivity contribution is -0.384. The highest BCUT2D eigenvalue weighted by molar-refractivity contribution is 5.64. The van der Waals surface area contributed by atoms with Crippen LogP contribution in [-0.4, -0.2) is 17.5 Å². The fourth-order valence-corrected chi connectivity index (χ4v) is 2.46. The molecule has 1 aromatic rings. The van der Waals surface area contributed by atoms with Gasteiger partial charge in [0.25, 0.3) is 5.69 Å². The Bertz CT molecular complexity index is 487. The Kier molecular flexibility index (Phi) is 10.2. The number of carbonyl (C=O) groups is 1. The second kappa shape index (κ2) is 12.3. The van der Waals surface area contributed by atoms with E-state index in [-0.39, 0.29) is 12.1 Å². The highest BCUT2D eigenvalue weighted by Crippen LogP contribution is 2.17. The van der Waals surface area contributed by atoms with Crippen molar-refractivity contribution in [1.82, 2.24) is 0 Å². The molecule has 0 spiro atoms. The molecule has 0 saturated heterocycles. The number of carboxylic acids is 1. The minimum atomic E-state index is -0.953. The van der Waals surface area contributed by atoms with E-state index in [1.807, 2.05) is 0 Å². The van der Waals surface area contributed by atoms with Gasteiger partial charge in [0, 0.05) is 18.1 Å². The standard InChI is InChI=1S/C18H27NO5/c20-18(21)10-8-6-4-2-1-3-5-7-9-15-24-17-13-11-16(12-14-17)19(22)23/h11-14H,1-10,15H2,(H,20,21)/p-1. The van der Waals surface area contributed by atoms with Crippen LogP contribution in [0.5, 0.6) is 5.75 Å². The van der Waals surface area contributed by atoms with Crippen molar-refractivity contribution in [2.75, 3.05) is 6.61 Å². The lowest BCUT2D eigenvalue weighted by atomic mass is 10.1. The molecule has 1 aromatic carbocycles. The first-order valence-corrected chi connectivity index (χ1v) is 8.66. The molecule has 1 rings (SSSR count). The van der Waals surface area contributed by atoms with Gasteiger partial charge in [-0.25, -0.2) is 0 Å². The number of hydrogen-bond acceptors (Lipinski definition) is 5. The normalized spacial score (nSPS) is 10.5. The molecule has 0 N–H and O–H groups in total. The molecule has 0 saturated carbocycles. The Balaban J connectivity index is 1.90. The third kappa shape index (κ3) is 9.82. The van der Waals surface area contributed by atoms with E-state index in [1.165, 1.54) is 31.4 Å². The molecule has 6 heteroatoms. The lowest BCUT2D eigenvalue weighted by Crippen LogP contribution is -2.21. The number of benzene rings is 1. The molecule has 0 fully saturated rings. The van der Waals surface area contributed by atoms with Gasteiger partial charge in [0.15, 0.2) is 0 Å². The van der Waals surface area contributed by atoms with Gasteiger partial charge in [-0.15, -0.1) is 0 Å². The number of unbranched alkanes of at least 4 members (excludes halogenated alkanes) is 8.